The van der Waals surface area contributed by atoms with Crippen molar-refractivity contribution >= 4 is 11.0 Å². The second-order valence-corrected chi connectivity index (χ2v) is 5.28. The lowest BCUT2D eigenvalue weighted by molar-refractivity contribution is 0.510. The molecule has 4 nitrogen and oxygen atoms in total. The summed E-state index contributed by atoms with van der Waals surface area (Å²) < 4.78 is 46.9. The van der Waals surface area contributed by atoms with Crippen molar-refractivity contribution in [1.82, 2.24) is 14.5 Å². The average Bonchev–Trinajstić information content (AvgIpc) is 3.17. The van der Waals surface area contributed by atoms with Crippen LogP contribution in [0.15, 0.2) is 53.4 Å². The third-order valence-electron chi connectivity index (χ3n) is 3.62. The standard InChI is InChI=1S/C17H10F3N3O/c18-11-3-1-2-10(4-11)17-22-12(8-24-17)7-23-9-21-15-5-13(19)14(20)6-16(15)23/h1-6,8-9H,7H2. The lowest BCUT2D eigenvalue weighted by Crippen LogP contribution is -1.99. The monoisotopic (exact) mass is 329 g/mol. The number of halogens is 3. The molecule has 0 saturated carbocycles. The lowest BCUT2D eigenvalue weighted by Gasteiger charge is -2.01. The first-order valence-electron chi connectivity index (χ1n) is 7.10. The molecule has 24 heavy (non-hydrogen) atoms. The molecule has 0 fully saturated rings. The van der Waals surface area contributed by atoms with Crippen LogP contribution < -0.4 is 0 Å². The molecule has 0 saturated heterocycles. The summed E-state index contributed by atoms with van der Waals surface area (Å²) in [5, 5.41) is 0. The van der Waals surface area contributed by atoms with Crippen LogP contribution in [-0.2, 0) is 6.54 Å². The molecule has 0 radical (unpaired) electrons. The van der Waals surface area contributed by atoms with Crippen LogP contribution in [0.3, 0.4) is 0 Å². The molecule has 2 heterocycles. The van der Waals surface area contributed by atoms with Crippen LogP contribution in [0.2, 0.25) is 0 Å². The molecular formula is C17H10F3N3O. The van der Waals surface area contributed by atoms with Gasteiger partial charge in [-0.15, -0.1) is 0 Å². The Morgan fingerprint density at radius 2 is 1.88 bits per heavy atom. The van der Waals surface area contributed by atoms with Gasteiger partial charge in [0.1, 0.15) is 12.1 Å². The first-order valence-corrected chi connectivity index (χ1v) is 7.10. The molecule has 0 aliphatic heterocycles. The fourth-order valence-corrected chi connectivity index (χ4v) is 2.49. The van der Waals surface area contributed by atoms with E-state index in [4.69, 9.17) is 4.42 Å². The Morgan fingerprint density at radius 3 is 2.71 bits per heavy atom. The van der Waals surface area contributed by atoms with Crippen LogP contribution in [0.4, 0.5) is 13.2 Å². The molecule has 4 aromatic rings. The number of benzene rings is 2. The molecule has 0 N–H and O–H groups in total. The minimum Gasteiger partial charge on any atom is -0.444 e. The van der Waals surface area contributed by atoms with Crippen LogP contribution in [0, 0.1) is 17.5 Å². The number of rotatable bonds is 3. The Hall–Kier alpha value is -3.09. The first-order chi connectivity index (χ1) is 11.6. The van der Waals surface area contributed by atoms with Crippen LogP contribution in [-0.4, -0.2) is 14.5 Å². The maximum atomic E-state index is 13.4. The molecule has 0 spiro atoms. The van der Waals surface area contributed by atoms with E-state index in [9.17, 15) is 13.2 Å². The second-order valence-electron chi connectivity index (χ2n) is 5.28. The number of nitrogens with zero attached hydrogens (tertiary/aromatic N) is 3. The average molecular weight is 329 g/mol. The highest BCUT2D eigenvalue weighted by atomic mass is 19.2. The van der Waals surface area contributed by atoms with E-state index in [0.29, 0.717) is 22.3 Å². The van der Waals surface area contributed by atoms with Gasteiger partial charge in [-0.05, 0) is 18.2 Å². The van der Waals surface area contributed by atoms with Crippen molar-refractivity contribution in [3.63, 3.8) is 0 Å². The van der Waals surface area contributed by atoms with Crippen LogP contribution in [0.25, 0.3) is 22.5 Å². The van der Waals surface area contributed by atoms with Gasteiger partial charge in [-0.3, -0.25) is 0 Å². The predicted octanol–water partition coefficient (Wildman–Crippen LogP) is 4.16. The van der Waals surface area contributed by atoms with Gasteiger partial charge in [0, 0.05) is 17.7 Å². The highest BCUT2D eigenvalue weighted by Gasteiger charge is 2.12. The maximum Gasteiger partial charge on any atom is 0.226 e. The molecule has 7 heteroatoms. The smallest absolute Gasteiger partial charge is 0.226 e. The molecule has 0 aliphatic carbocycles. The number of fused-ring (bicyclic) bond motifs is 1. The summed E-state index contributed by atoms with van der Waals surface area (Å²) in [6.45, 7) is 0.264. The van der Waals surface area contributed by atoms with Crippen LogP contribution in [0.1, 0.15) is 5.69 Å². The van der Waals surface area contributed by atoms with Crippen molar-refractivity contribution in [3.8, 4) is 11.5 Å². The van der Waals surface area contributed by atoms with E-state index in [2.05, 4.69) is 9.97 Å². The molecular weight excluding hydrogens is 319 g/mol. The highest BCUT2D eigenvalue weighted by molar-refractivity contribution is 5.75. The molecule has 2 aromatic carbocycles. The summed E-state index contributed by atoms with van der Waals surface area (Å²) in [7, 11) is 0. The zero-order chi connectivity index (χ0) is 16.7. The second kappa shape index (κ2) is 5.52. The van der Waals surface area contributed by atoms with Gasteiger partial charge >= 0.3 is 0 Å². The third-order valence-corrected chi connectivity index (χ3v) is 3.62. The fourth-order valence-electron chi connectivity index (χ4n) is 2.49. The Bertz CT molecular complexity index is 1040. The van der Waals surface area contributed by atoms with Crippen LogP contribution >= 0.6 is 0 Å². The predicted molar refractivity (Wildman–Crippen MR) is 80.6 cm³/mol. The summed E-state index contributed by atoms with van der Waals surface area (Å²) in [4.78, 5) is 8.34. The third kappa shape index (κ3) is 2.54. The number of imidazole rings is 1. The van der Waals surface area contributed by atoms with Gasteiger partial charge in [-0.25, -0.2) is 23.1 Å². The largest absolute Gasteiger partial charge is 0.444 e. The Kier molecular flexibility index (Phi) is 3.34. The van der Waals surface area contributed by atoms with Crippen LogP contribution in [0.5, 0.6) is 0 Å². The molecule has 0 unspecified atom stereocenters. The van der Waals surface area contributed by atoms with E-state index in [1.165, 1.54) is 24.7 Å². The molecule has 0 bridgehead atoms. The van der Waals surface area contributed by atoms with Crippen molar-refractivity contribution < 1.29 is 17.6 Å². The zero-order valence-electron chi connectivity index (χ0n) is 12.2. The summed E-state index contributed by atoms with van der Waals surface area (Å²) in [6.07, 6.45) is 2.91. The molecule has 0 aliphatic rings. The minimum atomic E-state index is -0.942. The molecule has 4 rings (SSSR count). The maximum absolute atomic E-state index is 13.4. The lowest BCUT2D eigenvalue weighted by atomic mass is 10.2. The number of oxazole rings is 1. The number of hydrogen-bond donors (Lipinski definition) is 0. The van der Waals surface area contributed by atoms with Crippen molar-refractivity contribution in [2.24, 2.45) is 0 Å². The Morgan fingerprint density at radius 1 is 1.04 bits per heavy atom. The van der Waals surface area contributed by atoms with Gasteiger partial charge in [0.05, 0.1) is 29.6 Å². The number of hydrogen-bond acceptors (Lipinski definition) is 3. The van der Waals surface area contributed by atoms with Gasteiger partial charge in [0.25, 0.3) is 0 Å². The van der Waals surface area contributed by atoms with Gasteiger partial charge in [-0.2, -0.15) is 0 Å². The summed E-state index contributed by atoms with van der Waals surface area (Å²) in [5.41, 5.74) is 1.87. The van der Waals surface area contributed by atoms with Gasteiger partial charge < -0.3 is 8.98 Å². The van der Waals surface area contributed by atoms with Crippen molar-refractivity contribution in [2.75, 3.05) is 0 Å². The van der Waals surface area contributed by atoms with E-state index in [-0.39, 0.29) is 18.3 Å². The van der Waals surface area contributed by atoms with E-state index < -0.39 is 11.6 Å². The molecule has 0 amide bonds. The van der Waals surface area contributed by atoms with Crippen molar-refractivity contribution in [1.29, 1.82) is 0 Å². The van der Waals surface area contributed by atoms with E-state index in [1.54, 1.807) is 16.7 Å². The van der Waals surface area contributed by atoms with Crippen molar-refractivity contribution in [2.45, 2.75) is 6.54 Å². The summed E-state index contributed by atoms with van der Waals surface area (Å²) in [5.74, 6) is -1.98. The Balaban J connectivity index is 1.66. The molecule has 120 valence electrons. The quantitative estimate of drug-likeness (QED) is 0.567. The highest BCUT2D eigenvalue weighted by Crippen LogP contribution is 2.22. The van der Waals surface area contributed by atoms with E-state index >= 15 is 0 Å². The SMILES string of the molecule is Fc1cccc(-c2nc(Cn3cnc4cc(F)c(F)cc43)co2)c1. The fraction of sp³-hybridized carbons (Fsp3) is 0.0588. The van der Waals surface area contributed by atoms with Gasteiger partial charge in [0.15, 0.2) is 11.6 Å². The summed E-state index contributed by atoms with van der Waals surface area (Å²) >= 11 is 0. The number of aromatic nitrogens is 3. The minimum absolute atomic E-state index is 0.264. The van der Waals surface area contributed by atoms with Gasteiger partial charge in [-0.1, -0.05) is 6.07 Å². The molecule has 0 atom stereocenters. The topological polar surface area (TPSA) is 43.9 Å². The van der Waals surface area contributed by atoms with Crippen molar-refractivity contribution in [3.05, 3.63) is 72.1 Å². The normalized spacial score (nSPS) is 11.3. The molecule has 2 aromatic heterocycles. The summed E-state index contributed by atoms with van der Waals surface area (Å²) in [6, 6.07) is 8.03. The van der Waals surface area contributed by atoms with E-state index in [1.807, 2.05) is 0 Å². The zero-order valence-corrected chi connectivity index (χ0v) is 12.2. The Labute approximate surface area is 134 Å². The van der Waals surface area contributed by atoms with Gasteiger partial charge in [0.2, 0.25) is 5.89 Å². The van der Waals surface area contributed by atoms with E-state index in [0.717, 1.165) is 12.1 Å². The first kappa shape index (κ1) is 14.5.